The molecule has 0 aromatic rings. The van der Waals surface area contributed by atoms with Gasteiger partial charge in [0, 0.05) is 12.1 Å². The van der Waals surface area contributed by atoms with Gasteiger partial charge in [0.25, 0.3) is 0 Å². The van der Waals surface area contributed by atoms with Crippen LogP contribution in [0.15, 0.2) is 0 Å². The Morgan fingerprint density at radius 3 is 2.50 bits per heavy atom. The van der Waals surface area contributed by atoms with Gasteiger partial charge < -0.3 is 5.32 Å². The second kappa shape index (κ2) is 3.47. The van der Waals surface area contributed by atoms with Crippen LogP contribution in [0.25, 0.3) is 0 Å². The lowest BCUT2D eigenvalue weighted by Crippen LogP contribution is -2.49. The molecule has 0 aromatic heterocycles. The van der Waals surface area contributed by atoms with E-state index in [4.69, 9.17) is 0 Å². The van der Waals surface area contributed by atoms with Gasteiger partial charge in [0.05, 0.1) is 5.25 Å². The molecule has 14 heavy (non-hydrogen) atoms. The molecule has 2 N–H and O–H groups in total. The van der Waals surface area contributed by atoms with Crippen molar-refractivity contribution in [1.82, 2.24) is 10.0 Å². The molecule has 1 saturated carbocycles. The Morgan fingerprint density at radius 2 is 2.07 bits per heavy atom. The number of hydrogen-bond donors (Lipinski definition) is 2. The first-order valence-corrected chi connectivity index (χ1v) is 6.78. The van der Waals surface area contributed by atoms with E-state index in [0.29, 0.717) is 12.0 Å². The second-order valence-electron chi connectivity index (χ2n) is 4.67. The molecule has 3 unspecified atom stereocenters. The fraction of sp³-hybridized carbons (Fsp3) is 1.00. The summed E-state index contributed by atoms with van der Waals surface area (Å²) in [5.74, 6) is 0.680. The minimum atomic E-state index is -3.09. The zero-order valence-electron chi connectivity index (χ0n) is 8.66. The molecule has 2 fully saturated rings. The Balaban J connectivity index is 1.99. The summed E-state index contributed by atoms with van der Waals surface area (Å²) < 4.78 is 26.0. The largest absolute Gasteiger partial charge is 0.312 e. The first kappa shape index (κ1) is 10.4. The van der Waals surface area contributed by atoms with Crippen LogP contribution in [-0.4, -0.2) is 32.3 Å². The summed E-state index contributed by atoms with van der Waals surface area (Å²) in [4.78, 5) is 0. The second-order valence-corrected chi connectivity index (χ2v) is 6.94. The smallest absolute Gasteiger partial charge is 0.214 e. The van der Waals surface area contributed by atoms with Gasteiger partial charge in [0.1, 0.15) is 0 Å². The highest BCUT2D eigenvalue weighted by molar-refractivity contribution is 7.90. The van der Waals surface area contributed by atoms with Crippen molar-refractivity contribution in [2.45, 2.75) is 44.0 Å². The highest BCUT2D eigenvalue weighted by Gasteiger charge is 2.41. The van der Waals surface area contributed by atoms with Crippen molar-refractivity contribution in [2.24, 2.45) is 5.92 Å². The molecule has 5 heteroatoms. The molecule has 2 aliphatic rings. The summed E-state index contributed by atoms with van der Waals surface area (Å²) in [5.41, 5.74) is 0. The van der Waals surface area contributed by atoms with Crippen molar-refractivity contribution in [1.29, 1.82) is 0 Å². The maximum Gasteiger partial charge on any atom is 0.214 e. The average Bonchev–Trinajstić information content (AvgIpc) is 2.63. The standard InChI is InChI=1S/C9H18N2O2S/c1-6(2)14(12,13)11-9-4-7-3-8(9)10-5-7/h6-11H,3-5H2,1-2H3. The van der Waals surface area contributed by atoms with E-state index in [9.17, 15) is 8.42 Å². The SMILES string of the molecule is CC(C)S(=O)(=O)NC1CC2CNC1C2. The third-order valence-corrected chi connectivity index (χ3v) is 5.14. The van der Waals surface area contributed by atoms with E-state index in [1.165, 1.54) is 0 Å². The third kappa shape index (κ3) is 1.81. The molecule has 0 aromatic carbocycles. The number of nitrogens with one attached hydrogen (secondary N) is 2. The Kier molecular flexibility index (Phi) is 2.57. The number of sulfonamides is 1. The Hall–Kier alpha value is -0.130. The van der Waals surface area contributed by atoms with E-state index in [1.807, 2.05) is 0 Å². The van der Waals surface area contributed by atoms with E-state index in [0.717, 1.165) is 19.4 Å². The fourth-order valence-corrected chi connectivity index (χ4v) is 3.29. The molecule has 2 rings (SSSR count). The Labute approximate surface area is 85.5 Å². The predicted octanol–water partition coefficient (Wildman–Crippen LogP) is 0.0646. The zero-order valence-corrected chi connectivity index (χ0v) is 9.47. The minimum absolute atomic E-state index is 0.126. The van der Waals surface area contributed by atoms with Crippen molar-refractivity contribution in [3.05, 3.63) is 0 Å². The molecule has 1 saturated heterocycles. The van der Waals surface area contributed by atoms with Crippen LogP contribution < -0.4 is 10.0 Å². The van der Waals surface area contributed by atoms with Gasteiger partial charge in [0.2, 0.25) is 10.0 Å². The molecule has 0 spiro atoms. The lowest BCUT2D eigenvalue weighted by Gasteiger charge is -2.24. The number of piperidine rings is 1. The van der Waals surface area contributed by atoms with Gasteiger partial charge in [-0.1, -0.05) is 0 Å². The molecule has 4 nitrogen and oxygen atoms in total. The van der Waals surface area contributed by atoms with Crippen LogP contribution in [0.5, 0.6) is 0 Å². The lowest BCUT2D eigenvalue weighted by molar-refractivity contribution is 0.416. The summed E-state index contributed by atoms with van der Waals surface area (Å²) >= 11 is 0. The topological polar surface area (TPSA) is 58.2 Å². The van der Waals surface area contributed by atoms with Gasteiger partial charge in [-0.25, -0.2) is 13.1 Å². The van der Waals surface area contributed by atoms with Gasteiger partial charge >= 0.3 is 0 Å². The molecule has 1 aliphatic heterocycles. The highest BCUT2D eigenvalue weighted by Crippen LogP contribution is 2.31. The summed E-state index contributed by atoms with van der Waals surface area (Å²) in [5, 5.41) is 3.01. The normalized spacial score (nSPS) is 36.9. The molecular weight excluding hydrogens is 200 g/mol. The molecule has 3 atom stereocenters. The van der Waals surface area contributed by atoms with E-state index < -0.39 is 10.0 Å². The zero-order chi connectivity index (χ0) is 10.3. The van der Waals surface area contributed by atoms with Crippen LogP contribution in [0, 0.1) is 5.92 Å². The maximum absolute atomic E-state index is 11.6. The van der Waals surface area contributed by atoms with Crippen molar-refractivity contribution < 1.29 is 8.42 Å². The van der Waals surface area contributed by atoms with Crippen LogP contribution in [0.3, 0.4) is 0 Å². The number of rotatable bonds is 3. The maximum atomic E-state index is 11.6. The summed E-state index contributed by atoms with van der Waals surface area (Å²) in [6, 6.07) is 0.495. The van der Waals surface area contributed by atoms with Crippen molar-refractivity contribution in [3.8, 4) is 0 Å². The molecular formula is C9H18N2O2S. The first-order valence-electron chi connectivity index (χ1n) is 5.23. The average molecular weight is 218 g/mol. The monoisotopic (exact) mass is 218 g/mol. The van der Waals surface area contributed by atoms with Crippen molar-refractivity contribution >= 4 is 10.0 Å². The van der Waals surface area contributed by atoms with Gasteiger partial charge in [-0.2, -0.15) is 0 Å². The van der Waals surface area contributed by atoms with Gasteiger partial charge in [-0.3, -0.25) is 0 Å². The summed E-state index contributed by atoms with van der Waals surface area (Å²) in [7, 11) is -3.09. The van der Waals surface area contributed by atoms with Gasteiger partial charge in [0.15, 0.2) is 0 Å². The molecule has 2 bridgehead atoms. The molecule has 1 aliphatic carbocycles. The minimum Gasteiger partial charge on any atom is -0.312 e. The Bertz CT molecular complexity index is 313. The van der Waals surface area contributed by atoms with Crippen molar-refractivity contribution in [2.75, 3.05) is 6.54 Å². The Morgan fingerprint density at radius 1 is 1.36 bits per heavy atom. The molecule has 1 heterocycles. The van der Waals surface area contributed by atoms with E-state index in [2.05, 4.69) is 10.0 Å². The summed E-state index contributed by atoms with van der Waals surface area (Å²) in [6.07, 6.45) is 2.13. The fourth-order valence-electron chi connectivity index (χ4n) is 2.33. The van der Waals surface area contributed by atoms with Crippen LogP contribution in [0.2, 0.25) is 0 Å². The van der Waals surface area contributed by atoms with E-state index in [1.54, 1.807) is 13.8 Å². The van der Waals surface area contributed by atoms with Crippen LogP contribution in [0.1, 0.15) is 26.7 Å². The van der Waals surface area contributed by atoms with Crippen LogP contribution in [-0.2, 0) is 10.0 Å². The van der Waals surface area contributed by atoms with Crippen LogP contribution >= 0.6 is 0 Å². The quantitative estimate of drug-likeness (QED) is 0.704. The number of hydrogen-bond acceptors (Lipinski definition) is 3. The lowest BCUT2D eigenvalue weighted by atomic mass is 10.1. The van der Waals surface area contributed by atoms with Gasteiger partial charge in [-0.05, 0) is 39.2 Å². The predicted molar refractivity (Wildman–Crippen MR) is 55.5 cm³/mol. The third-order valence-electron chi connectivity index (χ3n) is 3.27. The van der Waals surface area contributed by atoms with Crippen molar-refractivity contribution in [3.63, 3.8) is 0 Å². The molecule has 0 radical (unpaired) electrons. The number of fused-ring (bicyclic) bond motifs is 2. The highest BCUT2D eigenvalue weighted by atomic mass is 32.2. The molecule has 82 valence electrons. The van der Waals surface area contributed by atoms with Gasteiger partial charge in [-0.15, -0.1) is 0 Å². The molecule has 0 amide bonds. The van der Waals surface area contributed by atoms with Crippen LogP contribution in [0.4, 0.5) is 0 Å². The van der Waals surface area contributed by atoms with E-state index in [-0.39, 0.29) is 11.3 Å². The summed E-state index contributed by atoms with van der Waals surface area (Å²) in [6.45, 7) is 4.48. The first-order chi connectivity index (χ1) is 6.49. The van der Waals surface area contributed by atoms with E-state index >= 15 is 0 Å².